The maximum Gasteiger partial charge on any atom is 0.0701 e. The fourth-order valence-corrected chi connectivity index (χ4v) is 1.67. The van der Waals surface area contributed by atoms with Gasteiger partial charge in [-0.25, -0.2) is 0 Å². The van der Waals surface area contributed by atoms with Crippen molar-refractivity contribution in [1.29, 1.82) is 0 Å². The second-order valence-electron chi connectivity index (χ2n) is 4.80. The van der Waals surface area contributed by atoms with Gasteiger partial charge < -0.3 is 14.8 Å². The summed E-state index contributed by atoms with van der Waals surface area (Å²) in [6, 6.07) is 10.6. The van der Waals surface area contributed by atoms with Gasteiger partial charge in [0.1, 0.15) is 0 Å². The van der Waals surface area contributed by atoms with Gasteiger partial charge in [0.2, 0.25) is 0 Å². The number of hydrogen-bond acceptors (Lipinski definition) is 3. The zero-order valence-electron chi connectivity index (χ0n) is 11.7. The molecule has 3 heteroatoms. The third kappa shape index (κ3) is 6.15. The van der Waals surface area contributed by atoms with Crippen molar-refractivity contribution in [2.75, 3.05) is 33.5 Å². The molecule has 0 aliphatic rings. The molecule has 1 rings (SSSR count). The lowest BCUT2D eigenvalue weighted by Crippen LogP contribution is -2.22. The summed E-state index contributed by atoms with van der Waals surface area (Å²) in [6.07, 6.45) is 0. The third-order valence-electron chi connectivity index (χ3n) is 2.66. The van der Waals surface area contributed by atoms with E-state index in [9.17, 15) is 0 Å². The SMILES string of the molecule is CNC(COCCOCC(C)C)c1ccccc1. The first-order chi connectivity index (χ1) is 8.74. The van der Waals surface area contributed by atoms with Crippen molar-refractivity contribution in [2.24, 2.45) is 5.92 Å². The second-order valence-corrected chi connectivity index (χ2v) is 4.80. The Morgan fingerprint density at radius 2 is 1.61 bits per heavy atom. The van der Waals surface area contributed by atoms with Crippen molar-refractivity contribution in [2.45, 2.75) is 19.9 Å². The van der Waals surface area contributed by atoms with Gasteiger partial charge in [-0.05, 0) is 18.5 Å². The third-order valence-corrected chi connectivity index (χ3v) is 2.66. The first-order valence-electron chi connectivity index (χ1n) is 6.61. The van der Waals surface area contributed by atoms with E-state index in [2.05, 4.69) is 31.3 Å². The second kappa shape index (κ2) is 9.09. The minimum absolute atomic E-state index is 0.247. The van der Waals surface area contributed by atoms with Crippen LogP contribution in [0.4, 0.5) is 0 Å². The van der Waals surface area contributed by atoms with Gasteiger partial charge in [0.15, 0.2) is 0 Å². The number of likely N-dealkylation sites (N-methyl/N-ethyl adjacent to an activating group) is 1. The molecule has 0 radical (unpaired) electrons. The van der Waals surface area contributed by atoms with Gasteiger partial charge in [-0.3, -0.25) is 0 Å². The molecule has 0 saturated heterocycles. The molecule has 1 atom stereocenters. The van der Waals surface area contributed by atoms with Crippen LogP contribution in [-0.4, -0.2) is 33.5 Å². The van der Waals surface area contributed by atoms with Gasteiger partial charge in [0, 0.05) is 6.61 Å². The molecule has 0 bridgehead atoms. The van der Waals surface area contributed by atoms with Crippen LogP contribution in [0, 0.1) is 5.92 Å². The summed E-state index contributed by atoms with van der Waals surface area (Å²) < 4.78 is 11.1. The van der Waals surface area contributed by atoms with Gasteiger partial charge in [-0.15, -0.1) is 0 Å². The lowest BCUT2D eigenvalue weighted by molar-refractivity contribution is 0.0309. The fourth-order valence-electron chi connectivity index (χ4n) is 1.67. The standard InChI is InChI=1S/C15H25NO2/c1-13(2)11-17-9-10-18-12-15(16-3)14-7-5-4-6-8-14/h4-8,13,15-16H,9-12H2,1-3H3. The van der Waals surface area contributed by atoms with Crippen molar-refractivity contribution < 1.29 is 9.47 Å². The lowest BCUT2D eigenvalue weighted by Gasteiger charge is -2.17. The smallest absolute Gasteiger partial charge is 0.0701 e. The molecular formula is C15H25NO2. The maximum atomic E-state index is 5.64. The normalized spacial score (nSPS) is 12.9. The van der Waals surface area contributed by atoms with Crippen molar-refractivity contribution in [3.05, 3.63) is 35.9 Å². The molecule has 0 fully saturated rings. The average Bonchev–Trinajstić information content (AvgIpc) is 2.38. The van der Waals surface area contributed by atoms with Crippen LogP contribution in [0.1, 0.15) is 25.5 Å². The molecule has 1 aromatic rings. The molecule has 1 aromatic carbocycles. The number of hydrogen-bond donors (Lipinski definition) is 1. The predicted octanol–water partition coefficient (Wildman–Crippen LogP) is 2.64. The van der Waals surface area contributed by atoms with Crippen LogP contribution in [0.15, 0.2) is 30.3 Å². The van der Waals surface area contributed by atoms with E-state index in [-0.39, 0.29) is 6.04 Å². The summed E-state index contributed by atoms with van der Waals surface area (Å²) >= 11 is 0. The van der Waals surface area contributed by atoms with Crippen LogP contribution in [0.5, 0.6) is 0 Å². The van der Waals surface area contributed by atoms with E-state index >= 15 is 0 Å². The molecule has 18 heavy (non-hydrogen) atoms. The quantitative estimate of drug-likeness (QED) is 0.684. The van der Waals surface area contributed by atoms with Crippen LogP contribution in [-0.2, 0) is 9.47 Å². The molecular weight excluding hydrogens is 226 g/mol. The lowest BCUT2D eigenvalue weighted by atomic mass is 10.1. The van der Waals surface area contributed by atoms with Crippen molar-refractivity contribution in [3.8, 4) is 0 Å². The van der Waals surface area contributed by atoms with E-state index in [0.29, 0.717) is 25.7 Å². The summed E-state index contributed by atoms with van der Waals surface area (Å²) in [5, 5.41) is 3.26. The van der Waals surface area contributed by atoms with Crippen LogP contribution >= 0.6 is 0 Å². The van der Waals surface area contributed by atoms with Gasteiger partial charge in [-0.1, -0.05) is 44.2 Å². The Balaban J connectivity index is 2.17. The Kier molecular flexibility index (Phi) is 7.65. The minimum atomic E-state index is 0.247. The molecule has 0 aliphatic heterocycles. The molecule has 0 spiro atoms. The average molecular weight is 251 g/mol. The molecule has 3 nitrogen and oxygen atoms in total. The topological polar surface area (TPSA) is 30.5 Å². The molecule has 0 aromatic heterocycles. The van der Waals surface area contributed by atoms with Crippen molar-refractivity contribution in [1.82, 2.24) is 5.32 Å². The van der Waals surface area contributed by atoms with E-state index in [1.54, 1.807) is 0 Å². The van der Waals surface area contributed by atoms with E-state index in [0.717, 1.165) is 6.61 Å². The molecule has 0 aliphatic carbocycles. The Hall–Kier alpha value is -0.900. The Labute approximate surface area is 110 Å². The molecule has 0 amide bonds. The molecule has 102 valence electrons. The van der Waals surface area contributed by atoms with E-state index in [1.807, 2.05) is 25.2 Å². The van der Waals surface area contributed by atoms with Crippen LogP contribution < -0.4 is 5.32 Å². The zero-order valence-corrected chi connectivity index (χ0v) is 11.7. The summed E-state index contributed by atoms with van der Waals surface area (Å²) in [5.74, 6) is 0.583. The molecule has 0 saturated carbocycles. The summed E-state index contributed by atoms with van der Waals surface area (Å²) in [4.78, 5) is 0. The van der Waals surface area contributed by atoms with Gasteiger partial charge in [0.25, 0.3) is 0 Å². The van der Waals surface area contributed by atoms with Crippen LogP contribution in [0.2, 0.25) is 0 Å². The van der Waals surface area contributed by atoms with Crippen molar-refractivity contribution >= 4 is 0 Å². The molecule has 1 N–H and O–H groups in total. The first kappa shape index (κ1) is 15.2. The fraction of sp³-hybridized carbons (Fsp3) is 0.600. The summed E-state index contributed by atoms with van der Waals surface area (Å²) in [5.41, 5.74) is 1.25. The van der Waals surface area contributed by atoms with Gasteiger partial charge in [-0.2, -0.15) is 0 Å². The van der Waals surface area contributed by atoms with E-state index < -0.39 is 0 Å². The Bertz CT molecular complexity index is 301. The predicted molar refractivity (Wildman–Crippen MR) is 74.7 cm³/mol. The monoisotopic (exact) mass is 251 g/mol. The van der Waals surface area contributed by atoms with Crippen LogP contribution in [0.25, 0.3) is 0 Å². The highest BCUT2D eigenvalue weighted by Gasteiger charge is 2.08. The highest BCUT2D eigenvalue weighted by Crippen LogP contribution is 2.11. The summed E-state index contributed by atoms with van der Waals surface area (Å²) in [7, 11) is 1.95. The maximum absolute atomic E-state index is 5.64. The van der Waals surface area contributed by atoms with Crippen molar-refractivity contribution in [3.63, 3.8) is 0 Å². The first-order valence-corrected chi connectivity index (χ1v) is 6.61. The summed E-state index contributed by atoms with van der Waals surface area (Å²) in [6.45, 7) is 7.09. The highest BCUT2D eigenvalue weighted by atomic mass is 16.5. The number of nitrogens with one attached hydrogen (secondary N) is 1. The minimum Gasteiger partial charge on any atom is -0.379 e. The largest absolute Gasteiger partial charge is 0.379 e. The Morgan fingerprint density at radius 3 is 2.17 bits per heavy atom. The van der Waals surface area contributed by atoms with E-state index in [4.69, 9.17) is 9.47 Å². The number of benzene rings is 1. The number of ether oxygens (including phenoxy) is 2. The number of rotatable bonds is 9. The van der Waals surface area contributed by atoms with Gasteiger partial charge in [0.05, 0.1) is 25.9 Å². The highest BCUT2D eigenvalue weighted by molar-refractivity contribution is 5.18. The van der Waals surface area contributed by atoms with E-state index in [1.165, 1.54) is 5.56 Å². The van der Waals surface area contributed by atoms with Gasteiger partial charge >= 0.3 is 0 Å². The molecule has 1 unspecified atom stereocenters. The van der Waals surface area contributed by atoms with Crippen LogP contribution in [0.3, 0.4) is 0 Å². The zero-order chi connectivity index (χ0) is 13.2. The Morgan fingerprint density at radius 1 is 1.00 bits per heavy atom. The molecule has 0 heterocycles.